The van der Waals surface area contributed by atoms with Gasteiger partial charge < -0.3 is 0 Å². The van der Waals surface area contributed by atoms with E-state index in [0.29, 0.717) is 5.71 Å². The topological polar surface area (TPSA) is 111 Å². The number of rotatable bonds is 10. The normalized spacial score (nSPS) is 12.9. The van der Waals surface area contributed by atoms with Crippen LogP contribution >= 0.6 is 0 Å². The van der Waals surface area contributed by atoms with Crippen molar-refractivity contribution < 1.29 is 25.4 Å². The molecule has 3 aromatic carbocycles. The van der Waals surface area contributed by atoms with Gasteiger partial charge in [0.15, 0.2) is 0 Å². The fraction of sp³-hybridized carbons (Fsp3) is 0.130. The second-order valence-corrected chi connectivity index (χ2v) is 10.1. The molecule has 0 fully saturated rings. The lowest BCUT2D eigenvalue weighted by Gasteiger charge is -2.08. The van der Waals surface area contributed by atoms with E-state index >= 15 is 0 Å². The van der Waals surface area contributed by atoms with E-state index in [0.717, 1.165) is 5.56 Å². The highest BCUT2D eigenvalue weighted by atomic mass is 32.2. The van der Waals surface area contributed by atoms with E-state index in [9.17, 15) is 16.8 Å². The SMILES string of the molecule is CC(CC(Cc1ccccc1)=NOS(=O)(=O)c1ccccc1)=NOS(=O)(=O)c1ccccc1. The van der Waals surface area contributed by atoms with Gasteiger partial charge >= 0.3 is 20.2 Å². The Labute approximate surface area is 193 Å². The van der Waals surface area contributed by atoms with E-state index in [4.69, 9.17) is 8.57 Å². The lowest BCUT2D eigenvalue weighted by molar-refractivity contribution is 0.335. The molecule has 0 aliphatic carbocycles. The molecule has 8 nitrogen and oxygen atoms in total. The molecule has 0 unspecified atom stereocenters. The van der Waals surface area contributed by atoms with Crippen LogP contribution in [0.3, 0.4) is 0 Å². The van der Waals surface area contributed by atoms with Crippen molar-refractivity contribution in [1.82, 2.24) is 0 Å². The van der Waals surface area contributed by atoms with Crippen molar-refractivity contribution in [3.63, 3.8) is 0 Å². The fourth-order valence-corrected chi connectivity index (χ4v) is 4.34. The molecule has 172 valence electrons. The Kier molecular flexibility index (Phi) is 7.96. The van der Waals surface area contributed by atoms with Gasteiger partial charge in [-0.2, -0.15) is 16.8 Å². The van der Waals surface area contributed by atoms with Crippen LogP contribution < -0.4 is 0 Å². The van der Waals surface area contributed by atoms with Crippen molar-refractivity contribution in [2.24, 2.45) is 10.3 Å². The quantitative estimate of drug-likeness (QED) is 0.314. The third-order valence-electron chi connectivity index (χ3n) is 4.33. The molecule has 3 aromatic rings. The van der Waals surface area contributed by atoms with Crippen molar-refractivity contribution in [2.75, 3.05) is 0 Å². The summed E-state index contributed by atoms with van der Waals surface area (Å²) in [5.74, 6) is 0. The maximum Gasteiger partial charge on any atom is 0.358 e. The summed E-state index contributed by atoms with van der Waals surface area (Å²) >= 11 is 0. The monoisotopic (exact) mass is 486 g/mol. The maximum absolute atomic E-state index is 12.4. The Morgan fingerprint density at radius 3 is 1.58 bits per heavy atom. The molecule has 0 radical (unpaired) electrons. The van der Waals surface area contributed by atoms with Crippen LogP contribution in [0.2, 0.25) is 0 Å². The Morgan fingerprint density at radius 1 is 0.667 bits per heavy atom. The van der Waals surface area contributed by atoms with Crippen molar-refractivity contribution in [2.45, 2.75) is 29.6 Å². The summed E-state index contributed by atoms with van der Waals surface area (Å²) in [6, 6.07) is 24.5. The molecule has 0 saturated heterocycles. The highest BCUT2D eigenvalue weighted by Crippen LogP contribution is 2.14. The zero-order valence-corrected chi connectivity index (χ0v) is 19.4. The minimum absolute atomic E-state index is 0.0305. The van der Waals surface area contributed by atoms with Crippen LogP contribution in [0.25, 0.3) is 0 Å². The lowest BCUT2D eigenvalue weighted by atomic mass is 10.0. The molecule has 0 atom stereocenters. The van der Waals surface area contributed by atoms with Gasteiger partial charge in [-0.15, -0.1) is 0 Å². The smallest absolute Gasteiger partial charge is 0.265 e. The van der Waals surface area contributed by atoms with Gasteiger partial charge in [0.2, 0.25) is 0 Å². The van der Waals surface area contributed by atoms with E-state index in [1.165, 1.54) is 24.3 Å². The van der Waals surface area contributed by atoms with Gasteiger partial charge in [0, 0.05) is 12.8 Å². The maximum atomic E-state index is 12.4. The molecular formula is C23H22N2O6S2. The van der Waals surface area contributed by atoms with Gasteiger partial charge in [0.05, 0.1) is 11.4 Å². The minimum atomic E-state index is -4.11. The van der Waals surface area contributed by atoms with Crippen molar-refractivity contribution >= 4 is 31.7 Å². The first-order chi connectivity index (χ1) is 15.8. The molecule has 0 saturated carbocycles. The van der Waals surface area contributed by atoms with Crippen molar-refractivity contribution in [1.29, 1.82) is 0 Å². The molecular weight excluding hydrogens is 464 g/mol. The number of hydrogen-bond donors (Lipinski definition) is 0. The predicted molar refractivity (Wildman–Crippen MR) is 125 cm³/mol. The second-order valence-electron chi connectivity index (χ2n) is 7.01. The zero-order valence-electron chi connectivity index (χ0n) is 17.7. The lowest BCUT2D eigenvalue weighted by Crippen LogP contribution is -2.13. The summed E-state index contributed by atoms with van der Waals surface area (Å²) in [5, 5.41) is 7.55. The predicted octanol–water partition coefficient (Wildman–Crippen LogP) is 4.16. The minimum Gasteiger partial charge on any atom is -0.265 e. The molecule has 0 bridgehead atoms. The van der Waals surface area contributed by atoms with Crippen LogP contribution in [0.1, 0.15) is 18.9 Å². The van der Waals surface area contributed by atoms with Crippen molar-refractivity contribution in [3.05, 3.63) is 96.6 Å². The Hall–Kier alpha value is -3.50. The summed E-state index contributed by atoms with van der Waals surface area (Å²) in [4.78, 5) is -0.0625. The first kappa shape index (κ1) is 24.1. The molecule has 0 aliphatic rings. The van der Waals surface area contributed by atoms with Crippen LogP contribution in [-0.2, 0) is 35.2 Å². The molecule has 0 aromatic heterocycles. The average Bonchev–Trinajstić information content (AvgIpc) is 2.83. The van der Waals surface area contributed by atoms with E-state index in [-0.39, 0.29) is 28.3 Å². The largest absolute Gasteiger partial charge is 0.358 e. The van der Waals surface area contributed by atoms with E-state index in [1.807, 2.05) is 30.3 Å². The Bertz CT molecular complexity index is 1320. The highest BCUT2D eigenvalue weighted by Gasteiger charge is 2.17. The van der Waals surface area contributed by atoms with Gasteiger partial charge in [0.1, 0.15) is 9.79 Å². The van der Waals surface area contributed by atoms with Crippen LogP contribution in [0.4, 0.5) is 0 Å². The molecule has 0 spiro atoms. The van der Waals surface area contributed by atoms with E-state index in [1.54, 1.807) is 43.3 Å². The summed E-state index contributed by atoms with van der Waals surface area (Å²) in [7, 11) is -8.19. The molecule has 3 rings (SSSR count). The van der Waals surface area contributed by atoms with Gasteiger partial charge in [-0.3, -0.25) is 8.57 Å². The van der Waals surface area contributed by atoms with Crippen LogP contribution in [0.15, 0.2) is 111 Å². The summed E-state index contributed by atoms with van der Waals surface area (Å²) < 4.78 is 59.1. The van der Waals surface area contributed by atoms with Gasteiger partial charge in [0.25, 0.3) is 0 Å². The molecule has 0 heterocycles. The van der Waals surface area contributed by atoms with Gasteiger partial charge in [-0.1, -0.05) is 77.0 Å². The zero-order chi connectivity index (χ0) is 23.7. The standard InChI is InChI=1S/C23H22N2O6S2/c1-19(24-30-32(26,27)22-13-7-3-8-14-22)17-21(18-20-11-5-2-6-12-20)25-31-33(28,29)23-15-9-4-10-16-23/h2-16H,17-18H2,1H3. The third-order valence-corrected chi connectivity index (χ3v) is 6.57. The number of hydrogen-bond acceptors (Lipinski definition) is 8. The second kappa shape index (κ2) is 10.9. The highest BCUT2D eigenvalue weighted by molar-refractivity contribution is 7.87. The molecule has 0 aliphatic heterocycles. The Morgan fingerprint density at radius 2 is 1.09 bits per heavy atom. The van der Waals surface area contributed by atoms with Gasteiger partial charge in [-0.25, -0.2) is 0 Å². The van der Waals surface area contributed by atoms with E-state index in [2.05, 4.69) is 10.3 Å². The molecule has 33 heavy (non-hydrogen) atoms. The Balaban J connectivity index is 1.79. The van der Waals surface area contributed by atoms with Gasteiger partial charge in [-0.05, 0) is 36.8 Å². The number of nitrogens with zero attached hydrogens (tertiary/aromatic N) is 2. The van der Waals surface area contributed by atoms with E-state index < -0.39 is 20.2 Å². The summed E-state index contributed by atoms with van der Waals surface area (Å²) in [6.07, 6.45) is 0.299. The molecule has 10 heteroatoms. The van der Waals surface area contributed by atoms with Crippen molar-refractivity contribution in [3.8, 4) is 0 Å². The first-order valence-electron chi connectivity index (χ1n) is 9.87. The van der Waals surface area contributed by atoms with Crippen LogP contribution in [-0.4, -0.2) is 28.3 Å². The molecule has 0 amide bonds. The van der Waals surface area contributed by atoms with Crippen LogP contribution in [0, 0.1) is 0 Å². The average molecular weight is 487 g/mol. The first-order valence-corrected chi connectivity index (χ1v) is 12.7. The summed E-state index contributed by atoms with van der Waals surface area (Å²) in [6.45, 7) is 1.55. The molecule has 0 N–H and O–H groups in total. The summed E-state index contributed by atoms with van der Waals surface area (Å²) in [5.41, 5.74) is 1.45. The fourth-order valence-electron chi connectivity index (χ4n) is 2.76. The number of benzene rings is 3. The number of oxime groups is 2. The van der Waals surface area contributed by atoms with Crippen LogP contribution in [0.5, 0.6) is 0 Å². The third kappa shape index (κ3) is 7.26.